The summed E-state index contributed by atoms with van der Waals surface area (Å²) in [5.41, 5.74) is 0.970. The van der Waals surface area contributed by atoms with Gasteiger partial charge in [0.2, 0.25) is 0 Å². The number of nitrogens with zero attached hydrogens (tertiary/aromatic N) is 2. The number of aromatic amines is 1. The molecule has 1 amide bonds. The molecule has 6 nitrogen and oxygen atoms in total. The number of halogens is 1. The van der Waals surface area contributed by atoms with E-state index in [0.717, 1.165) is 0 Å². The molecule has 1 atom stereocenters. The Bertz CT molecular complexity index is 822. The Balaban J connectivity index is 1.70. The molecule has 2 N–H and O–H groups in total. The van der Waals surface area contributed by atoms with Crippen LogP contribution in [0.25, 0.3) is 0 Å². The van der Waals surface area contributed by atoms with E-state index in [1.54, 1.807) is 37.4 Å². The second-order valence-corrected chi connectivity index (χ2v) is 5.15. The smallest absolute Gasteiger partial charge is 0.269 e. The molecule has 0 spiro atoms. The topological polar surface area (TPSA) is 79.9 Å². The van der Waals surface area contributed by atoms with Gasteiger partial charge in [-0.25, -0.2) is 4.39 Å². The molecule has 0 fully saturated rings. The van der Waals surface area contributed by atoms with Gasteiger partial charge in [0.05, 0.1) is 12.2 Å². The summed E-state index contributed by atoms with van der Waals surface area (Å²) in [7, 11) is 0. The standard InChI is InChI=1S/C17H15FN4O2/c1-11(21-17(23)15-6-8-20-22-15)12-4-5-16(14(18)9-12)24-13-3-2-7-19-10-13/h2-11H,1H3,(H,20,22)(H,21,23). The van der Waals surface area contributed by atoms with E-state index in [2.05, 4.69) is 20.5 Å². The van der Waals surface area contributed by atoms with E-state index >= 15 is 0 Å². The number of hydrogen-bond donors (Lipinski definition) is 2. The van der Waals surface area contributed by atoms with E-state index in [0.29, 0.717) is 17.0 Å². The molecule has 3 rings (SSSR count). The van der Waals surface area contributed by atoms with Gasteiger partial charge in [0.25, 0.3) is 5.91 Å². The van der Waals surface area contributed by atoms with Gasteiger partial charge in [-0.05, 0) is 42.8 Å². The number of ether oxygens (including phenoxy) is 1. The van der Waals surface area contributed by atoms with Crippen molar-refractivity contribution in [1.82, 2.24) is 20.5 Å². The molecule has 1 aromatic carbocycles. The largest absolute Gasteiger partial charge is 0.453 e. The van der Waals surface area contributed by atoms with Crippen molar-refractivity contribution < 1.29 is 13.9 Å². The number of carbonyl (C=O) groups excluding carboxylic acids is 1. The SMILES string of the molecule is CC(NC(=O)c1ccn[nH]1)c1ccc(Oc2cccnc2)c(F)c1. The van der Waals surface area contributed by atoms with Gasteiger partial charge >= 0.3 is 0 Å². The van der Waals surface area contributed by atoms with Crippen molar-refractivity contribution in [2.75, 3.05) is 0 Å². The van der Waals surface area contributed by atoms with Crippen LogP contribution in [0.1, 0.15) is 29.0 Å². The van der Waals surface area contributed by atoms with Gasteiger partial charge in [-0.1, -0.05) is 6.07 Å². The van der Waals surface area contributed by atoms with Gasteiger partial charge < -0.3 is 10.1 Å². The molecule has 0 saturated carbocycles. The van der Waals surface area contributed by atoms with Gasteiger partial charge in [0.15, 0.2) is 11.6 Å². The molecular weight excluding hydrogens is 311 g/mol. The lowest BCUT2D eigenvalue weighted by atomic mass is 10.1. The lowest BCUT2D eigenvalue weighted by Gasteiger charge is -2.15. The summed E-state index contributed by atoms with van der Waals surface area (Å²) in [6, 6.07) is 9.14. The number of benzene rings is 1. The molecule has 0 saturated heterocycles. The Morgan fingerprint density at radius 1 is 1.29 bits per heavy atom. The highest BCUT2D eigenvalue weighted by molar-refractivity contribution is 5.92. The van der Waals surface area contributed by atoms with E-state index in [-0.39, 0.29) is 17.7 Å². The number of rotatable bonds is 5. The lowest BCUT2D eigenvalue weighted by molar-refractivity contribution is 0.0934. The predicted molar refractivity (Wildman–Crippen MR) is 85.2 cm³/mol. The van der Waals surface area contributed by atoms with E-state index < -0.39 is 5.82 Å². The molecule has 0 bridgehead atoms. The normalized spacial score (nSPS) is 11.8. The molecule has 2 aromatic heterocycles. The fourth-order valence-electron chi connectivity index (χ4n) is 2.14. The average Bonchev–Trinajstić information content (AvgIpc) is 3.12. The molecular formula is C17H15FN4O2. The van der Waals surface area contributed by atoms with Crippen molar-refractivity contribution in [3.8, 4) is 11.5 Å². The summed E-state index contributed by atoms with van der Waals surface area (Å²) >= 11 is 0. The Morgan fingerprint density at radius 3 is 2.83 bits per heavy atom. The number of amides is 1. The highest BCUT2D eigenvalue weighted by atomic mass is 19.1. The minimum atomic E-state index is -0.515. The minimum Gasteiger partial charge on any atom is -0.453 e. The van der Waals surface area contributed by atoms with Crippen LogP contribution in [0.4, 0.5) is 4.39 Å². The van der Waals surface area contributed by atoms with E-state index in [9.17, 15) is 9.18 Å². The third-order valence-corrected chi connectivity index (χ3v) is 3.41. The van der Waals surface area contributed by atoms with Gasteiger partial charge in [-0.3, -0.25) is 14.9 Å². The molecule has 0 aliphatic carbocycles. The highest BCUT2D eigenvalue weighted by Crippen LogP contribution is 2.26. The second-order valence-electron chi connectivity index (χ2n) is 5.15. The monoisotopic (exact) mass is 326 g/mol. The number of aromatic nitrogens is 3. The van der Waals surface area contributed by atoms with Gasteiger partial charge in [0, 0.05) is 12.4 Å². The summed E-state index contributed by atoms with van der Waals surface area (Å²) in [4.78, 5) is 15.9. The number of pyridine rings is 1. The first kappa shape index (κ1) is 15.7. The summed E-state index contributed by atoms with van der Waals surface area (Å²) in [6.07, 6.45) is 4.60. The quantitative estimate of drug-likeness (QED) is 0.754. The van der Waals surface area contributed by atoms with Crippen LogP contribution in [-0.2, 0) is 0 Å². The van der Waals surface area contributed by atoms with Crippen LogP contribution in [0.5, 0.6) is 11.5 Å². The molecule has 3 aromatic rings. The molecule has 0 aliphatic heterocycles. The summed E-state index contributed by atoms with van der Waals surface area (Å²) in [5, 5.41) is 9.07. The third kappa shape index (κ3) is 3.57. The minimum absolute atomic E-state index is 0.0962. The number of hydrogen-bond acceptors (Lipinski definition) is 4. The zero-order chi connectivity index (χ0) is 16.9. The summed E-state index contributed by atoms with van der Waals surface area (Å²) in [5.74, 6) is -0.279. The van der Waals surface area contributed by atoms with E-state index in [1.807, 2.05) is 0 Å². The van der Waals surface area contributed by atoms with Gasteiger partial charge in [-0.15, -0.1) is 0 Å². The Labute approximate surface area is 137 Å². The molecule has 0 aliphatic rings. The third-order valence-electron chi connectivity index (χ3n) is 3.41. The Morgan fingerprint density at radius 2 is 2.17 bits per heavy atom. The zero-order valence-electron chi connectivity index (χ0n) is 12.9. The predicted octanol–water partition coefficient (Wildman–Crippen LogP) is 3.23. The summed E-state index contributed by atoms with van der Waals surface area (Å²) in [6.45, 7) is 1.77. The van der Waals surface area contributed by atoms with Crippen molar-refractivity contribution in [2.45, 2.75) is 13.0 Å². The Kier molecular flexibility index (Phi) is 4.51. The number of H-pyrrole nitrogens is 1. The molecule has 24 heavy (non-hydrogen) atoms. The van der Waals surface area contributed by atoms with Crippen LogP contribution in [0.2, 0.25) is 0 Å². The molecule has 0 radical (unpaired) electrons. The van der Waals surface area contributed by atoms with Crippen molar-refractivity contribution in [2.24, 2.45) is 0 Å². The fraction of sp³-hybridized carbons (Fsp3) is 0.118. The Hall–Kier alpha value is -3.22. The van der Waals surface area contributed by atoms with Crippen LogP contribution < -0.4 is 10.1 Å². The first-order chi connectivity index (χ1) is 11.6. The van der Waals surface area contributed by atoms with Crippen LogP contribution in [0.15, 0.2) is 55.0 Å². The van der Waals surface area contributed by atoms with Crippen LogP contribution >= 0.6 is 0 Å². The lowest BCUT2D eigenvalue weighted by Crippen LogP contribution is -2.27. The van der Waals surface area contributed by atoms with Crippen LogP contribution in [0, 0.1) is 5.82 Å². The van der Waals surface area contributed by atoms with Crippen molar-refractivity contribution >= 4 is 5.91 Å². The fourth-order valence-corrected chi connectivity index (χ4v) is 2.14. The zero-order valence-corrected chi connectivity index (χ0v) is 12.9. The maximum Gasteiger partial charge on any atom is 0.269 e. The molecule has 2 heterocycles. The maximum absolute atomic E-state index is 14.2. The van der Waals surface area contributed by atoms with Crippen molar-refractivity contribution in [3.05, 3.63) is 72.1 Å². The van der Waals surface area contributed by atoms with Gasteiger partial charge in [-0.2, -0.15) is 5.10 Å². The summed E-state index contributed by atoms with van der Waals surface area (Å²) < 4.78 is 19.7. The maximum atomic E-state index is 14.2. The van der Waals surface area contributed by atoms with Gasteiger partial charge in [0.1, 0.15) is 11.4 Å². The first-order valence-electron chi connectivity index (χ1n) is 7.31. The number of nitrogens with one attached hydrogen (secondary N) is 2. The van der Waals surface area contributed by atoms with E-state index in [1.165, 1.54) is 24.5 Å². The molecule has 122 valence electrons. The molecule has 1 unspecified atom stereocenters. The molecule has 7 heteroatoms. The van der Waals surface area contributed by atoms with E-state index in [4.69, 9.17) is 4.74 Å². The van der Waals surface area contributed by atoms with Crippen LogP contribution in [0.3, 0.4) is 0 Å². The number of carbonyl (C=O) groups is 1. The average molecular weight is 326 g/mol. The highest BCUT2D eigenvalue weighted by Gasteiger charge is 2.14. The second kappa shape index (κ2) is 6.91. The van der Waals surface area contributed by atoms with Crippen molar-refractivity contribution in [1.29, 1.82) is 0 Å². The van der Waals surface area contributed by atoms with Crippen LogP contribution in [-0.4, -0.2) is 21.1 Å². The van der Waals surface area contributed by atoms with Crippen molar-refractivity contribution in [3.63, 3.8) is 0 Å². The first-order valence-corrected chi connectivity index (χ1v) is 7.31.